The van der Waals surface area contributed by atoms with Crippen molar-refractivity contribution in [2.24, 2.45) is 0 Å². The van der Waals surface area contributed by atoms with Gasteiger partial charge in [-0.1, -0.05) is 31.2 Å². The zero-order chi connectivity index (χ0) is 28.9. The lowest BCUT2D eigenvalue weighted by Gasteiger charge is -2.19. The van der Waals surface area contributed by atoms with Crippen LogP contribution in [0.1, 0.15) is 18.9 Å². The average Bonchev–Trinajstić information content (AvgIpc) is 2.99. The van der Waals surface area contributed by atoms with Gasteiger partial charge in [0.1, 0.15) is 18.0 Å². The molecule has 0 bridgehead atoms. The molecule has 4 rings (SSSR count). The van der Waals surface area contributed by atoms with Crippen LogP contribution in [0.5, 0.6) is 11.5 Å². The van der Waals surface area contributed by atoms with Gasteiger partial charge in [0.25, 0.3) is 0 Å². The fourth-order valence-electron chi connectivity index (χ4n) is 4.29. The highest BCUT2D eigenvalue weighted by atomic mass is 16.5. The number of aliphatic hydroxyl groups is 1. The number of benzene rings is 2. The van der Waals surface area contributed by atoms with Crippen LogP contribution in [0.3, 0.4) is 0 Å². The lowest BCUT2D eigenvalue weighted by molar-refractivity contribution is 0.188. The third kappa shape index (κ3) is 8.75. The second-order valence-corrected chi connectivity index (χ2v) is 9.28. The number of carbonyl (C=O) groups is 1. The molecule has 0 aliphatic heterocycles. The van der Waals surface area contributed by atoms with Gasteiger partial charge in [-0.25, -0.2) is 19.7 Å². The van der Waals surface area contributed by atoms with Crippen LogP contribution < -0.4 is 25.4 Å². The van der Waals surface area contributed by atoms with Gasteiger partial charge in [0.15, 0.2) is 11.5 Å². The first kappa shape index (κ1) is 29.5. The van der Waals surface area contributed by atoms with Crippen molar-refractivity contribution in [2.45, 2.75) is 19.8 Å². The SMILES string of the molecule is CCN(CCO)CCCOc1cc2ncnc(NCCc3ccc(NC(=O)Nc4ccccc4)nc3)c2cc1OC. The number of aromatic nitrogens is 3. The summed E-state index contributed by atoms with van der Waals surface area (Å²) in [5.74, 6) is 2.41. The molecule has 216 valence electrons. The maximum absolute atomic E-state index is 12.2. The van der Waals surface area contributed by atoms with Crippen LogP contribution in [0.15, 0.2) is 67.1 Å². The second kappa shape index (κ2) is 15.3. The van der Waals surface area contributed by atoms with E-state index in [0.29, 0.717) is 54.9 Å². The Bertz CT molecular complexity index is 1390. The summed E-state index contributed by atoms with van der Waals surface area (Å²) in [6.45, 7) is 5.78. The summed E-state index contributed by atoms with van der Waals surface area (Å²) in [4.78, 5) is 27.6. The third-order valence-electron chi connectivity index (χ3n) is 6.46. The molecule has 0 spiro atoms. The number of anilines is 3. The summed E-state index contributed by atoms with van der Waals surface area (Å²) in [7, 11) is 1.61. The summed E-state index contributed by atoms with van der Waals surface area (Å²) < 4.78 is 11.6. The van der Waals surface area contributed by atoms with Crippen LogP contribution in [-0.4, -0.2) is 77.5 Å². The van der Waals surface area contributed by atoms with Crippen LogP contribution in [0.4, 0.5) is 22.1 Å². The first-order valence-corrected chi connectivity index (χ1v) is 13.7. The fraction of sp³-hybridized carbons (Fsp3) is 0.333. The molecule has 0 aliphatic rings. The summed E-state index contributed by atoms with van der Waals surface area (Å²) in [5.41, 5.74) is 2.47. The molecule has 0 aliphatic carbocycles. The Hall–Kier alpha value is -4.48. The lowest BCUT2D eigenvalue weighted by atomic mass is 10.2. The summed E-state index contributed by atoms with van der Waals surface area (Å²) in [6.07, 6.45) is 4.81. The first-order valence-electron chi connectivity index (χ1n) is 13.7. The molecule has 2 amide bonds. The monoisotopic (exact) mass is 559 g/mol. The van der Waals surface area contributed by atoms with E-state index in [9.17, 15) is 4.79 Å². The van der Waals surface area contributed by atoms with Crippen molar-refractivity contribution < 1.29 is 19.4 Å². The Kier molecular flexibility index (Phi) is 11.0. The Labute approximate surface area is 239 Å². The number of urea groups is 1. The summed E-state index contributed by atoms with van der Waals surface area (Å²) in [5, 5.41) is 18.9. The predicted molar refractivity (Wildman–Crippen MR) is 161 cm³/mol. The van der Waals surface area contributed by atoms with E-state index < -0.39 is 0 Å². The number of fused-ring (bicyclic) bond motifs is 1. The molecule has 2 aromatic heterocycles. The summed E-state index contributed by atoms with van der Waals surface area (Å²) >= 11 is 0. The number of hydrogen-bond acceptors (Lipinski definition) is 9. The highest BCUT2D eigenvalue weighted by Crippen LogP contribution is 2.34. The largest absolute Gasteiger partial charge is 0.493 e. The van der Waals surface area contributed by atoms with E-state index in [1.807, 2.05) is 48.5 Å². The number of carbonyl (C=O) groups excluding carboxylic acids is 1. The molecule has 0 saturated heterocycles. The fourth-order valence-corrected chi connectivity index (χ4v) is 4.29. The molecule has 0 radical (unpaired) electrons. The van der Waals surface area contributed by atoms with Gasteiger partial charge in [-0.3, -0.25) is 5.32 Å². The number of methoxy groups -OCH3 is 1. The van der Waals surface area contributed by atoms with Gasteiger partial charge >= 0.3 is 6.03 Å². The maximum atomic E-state index is 12.2. The number of hydrogen-bond donors (Lipinski definition) is 4. The quantitative estimate of drug-likeness (QED) is 0.156. The van der Waals surface area contributed by atoms with Crippen molar-refractivity contribution in [3.63, 3.8) is 0 Å². The zero-order valence-electron chi connectivity index (χ0n) is 23.5. The van der Waals surface area contributed by atoms with E-state index in [0.717, 1.165) is 36.0 Å². The topological polar surface area (TPSA) is 134 Å². The van der Waals surface area contributed by atoms with Crippen molar-refractivity contribution in [3.8, 4) is 11.5 Å². The molecule has 0 saturated carbocycles. The van der Waals surface area contributed by atoms with Gasteiger partial charge < -0.3 is 30.1 Å². The molecule has 4 N–H and O–H groups in total. The molecule has 11 heteroatoms. The molecule has 11 nitrogen and oxygen atoms in total. The zero-order valence-corrected chi connectivity index (χ0v) is 23.5. The molecular formula is C30H37N7O4. The van der Waals surface area contributed by atoms with E-state index in [-0.39, 0.29) is 12.6 Å². The number of aliphatic hydroxyl groups excluding tert-OH is 1. The minimum Gasteiger partial charge on any atom is -0.493 e. The number of para-hydroxylation sites is 1. The number of nitrogens with one attached hydrogen (secondary N) is 3. The minimum absolute atomic E-state index is 0.152. The molecular weight excluding hydrogens is 522 g/mol. The lowest BCUT2D eigenvalue weighted by Crippen LogP contribution is -2.28. The Balaban J connectivity index is 1.30. The standard InChI is InChI=1S/C30H37N7O4/c1-3-37(15-16-38)14-7-17-41-27-19-25-24(18-26(27)40-2)29(34-21-33-25)31-13-12-22-10-11-28(32-20-22)36-30(39)35-23-8-5-4-6-9-23/h4-6,8-11,18-21,38H,3,7,12-17H2,1-2H3,(H,31,33,34)(H2,32,35,36,39). The normalized spacial score (nSPS) is 10.9. The van der Waals surface area contributed by atoms with Gasteiger partial charge in [0.2, 0.25) is 0 Å². The maximum Gasteiger partial charge on any atom is 0.324 e. The Morgan fingerprint density at radius 1 is 1.00 bits per heavy atom. The van der Waals surface area contributed by atoms with E-state index in [4.69, 9.17) is 14.6 Å². The van der Waals surface area contributed by atoms with E-state index in [1.54, 1.807) is 19.4 Å². The van der Waals surface area contributed by atoms with Crippen molar-refractivity contribution in [2.75, 3.05) is 62.5 Å². The molecule has 4 aromatic rings. The number of nitrogens with zero attached hydrogens (tertiary/aromatic N) is 4. The summed E-state index contributed by atoms with van der Waals surface area (Å²) in [6, 6.07) is 16.4. The Morgan fingerprint density at radius 3 is 2.59 bits per heavy atom. The number of ether oxygens (including phenoxy) is 2. The van der Waals surface area contributed by atoms with Crippen molar-refractivity contribution >= 4 is 34.3 Å². The molecule has 41 heavy (non-hydrogen) atoms. The predicted octanol–water partition coefficient (Wildman–Crippen LogP) is 4.42. The number of amides is 2. The molecule has 0 atom stereocenters. The van der Waals surface area contributed by atoms with Gasteiger partial charge in [0.05, 0.1) is 25.8 Å². The van der Waals surface area contributed by atoms with Gasteiger partial charge in [0, 0.05) is 43.0 Å². The highest BCUT2D eigenvalue weighted by Gasteiger charge is 2.12. The first-order chi connectivity index (χ1) is 20.1. The van der Waals surface area contributed by atoms with Crippen molar-refractivity contribution in [1.82, 2.24) is 19.9 Å². The van der Waals surface area contributed by atoms with E-state index in [2.05, 4.69) is 42.7 Å². The Morgan fingerprint density at radius 2 is 1.85 bits per heavy atom. The molecule has 0 unspecified atom stereocenters. The number of likely N-dealkylation sites (N-methyl/N-ethyl adjacent to an activating group) is 1. The van der Waals surface area contributed by atoms with Gasteiger partial charge in [-0.05, 0) is 49.2 Å². The average molecular weight is 560 g/mol. The van der Waals surface area contributed by atoms with Gasteiger partial charge in [-0.15, -0.1) is 0 Å². The molecule has 2 aromatic carbocycles. The van der Waals surface area contributed by atoms with Crippen LogP contribution in [-0.2, 0) is 6.42 Å². The smallest absolute Gasteiger partial charge is 0.324 e. The van der Waals surface area contributed by atoms with E-state index >= 15 is 0 Å². The minimum atomic E-state index is -0.348. The highest BCUT2D eigenvalue weighted by molar-refractivity contribution is 5.99. The van der Waals surface area contributed by atoms with E-state index in [1.165, 1.54) is 6.33 Å². The molecule has 0 fully saturated rings. The van der Waals surface area contributed by atoms with Crippen LogP contribution in [0.25, 0.3) is 10.9 Å². The van der Waals surface area contributed by atoms with Crippen LogP contribution >= 0.6 is 0 Å². The number of pyridine rings is 1. The van der Waals surface area contributed by atoms with Crippen LogP contribution in [0, 0.1) is 0 Å². The molecule has 2 heterocycles. The van der Waals surface area contributed by atoms with Gasteiger partial charge in [-0.2, -0.15) is 0 Å². The number of rotatable bonds is 15. The van der Waals surface area contributed by atoms with Crippen LogP contribution in [0.2, 0.25) is 0 Å². The van der Waals surface area contributed by atoms with Crippen molar-refractivity contribution in [1.29, 1.82) is 0 Å². The van der Waals surface area contributed by atoms with Crippen molar-refractivity contribution in [3.05, 3.63) is 72.7 Å². The third-order valence-corrected chi connectivity index (χ3v) is 6.46. The second-order valence-electron chi connectivity index (χ2n) is 9.28.